The summed E-state index contributed by atoms with van der Waals surface area (Å²) in [4.78, 5) is 44.4. The van der Waals surface area contributed by atoms with Crippen LogP contribution < -0.4 is 10.9 Å². The van der Waals surface area contributed by atoms with Crippen LogP contribution in [-0.4, -0.2) is 39.9 Å². The third-order valence-corrected chi connectivity index (χ3v) is 6.30. The van der Waals surface area contributed by atoms with Crippen molar-refractivity contribution in [2.24, 2.45) is 0 Å². The number of amides is 2. The standard InChI is InChI=1S/C24H21ClN4O3S/c1-15-3-9-18(10-4-15)27-20(30)11-28(2)21(31)12-29-14-26-23-22(24(29)32)19(13-33-23)16-5-7-17(25)8-6-16/h3-10,13-14H,11-12H2,1-2H3,(H,27,30). The van der Waals surface area contributed by atoms with Crippen molar-refractivity contribution in [2.45, 2.75) is 13.5 Å². The number of carbonyl (C=O) groups excluding carboxylic acids is 2. The lowest BCUT2D eigenvalue weighted by Gasteiger charge is -2.17. The van der Waals surface area contributed by atoms with Crippen LogP contribution in [-0.2, 0) is 16.1 Å². The number of hydrogen-bond donors (Lipinski definition) is 1. The van der Waals surface area contributed by atoms with Gasteiger partial charge in [0.1, 0.15) is 11.4 Å². The van der Waals surface area contributed by atoms with E-state index < -0.39 is 0 Å². The van der Waals surface area contributed by atoms with E-state index in [1.807, 2.05) is 36.6 Å². The molecule has 2 heterocycles. The van der Waals surface area contributed by atoms with E-state index in [-0.39, 0.29) is 30.5 Å². The molecule has 0 unspecified atom stereocenters. The maximum atomic E-state index is 13.2. The number of aromatic nitrogens is 2. The number of halogens is 1. The first-order valence-corrected chi connectivity index (χ1v) is 11.4. The molecule has 2 aromatic heterocycles. The summed E-state index contributed by atoms with van der Waals surface area (Å²) in [5.74, 6) is -0.695. The predicted octanol–water partition coefficient (Wildman–Crippen LogP) is 4.18. The molecule has 0 fully saturated rings. The Balaban J connectivity index is 1.49. The van der Waals surface area contributed by atoms with Gasteiger partial charge in [-0.3, -0.25) is 19.0 Å². The van der Waals surface area contributed by atoms with Gasteiger partial charge in [-0.2, -0.15) is 0 Å². The molecule has 2 aromatic carbocycles. The Labute approximate surface area is 199 Å². The third kappa shape index (κ3) is 5.13. The molecule has 0 aliphatic rings. The number of fused-ring (bicyclic) bond motifs is 1. The smallest absolute Gasteiger partial charge is 0.263 e. The van der Waals surface area contributed by atoms with Crippen LogP contribution in [0.4, 0.5) is 5.69 Å². The Morgan fingerprint density at radius 1 is 1.12 bits per heavy atom. The minimum Gasteiger partial charge on any atom is -0.335 e. The molecule has 0 bridgehead atoms. The van der Waals surface area contributed by atoms with Crippen LogP contribution in [0.5, 0.6) is 0 Å². The molecule has 4 aromatic rings. The van der Waals surface area contributed by atoms with Crippen molar-refractivity contribution in [3.8, 4) is 11.1 Å². The highest BCUT2D eigenvalue weighted by Crippen LogP contribution is 2.31. The van der Waals surface area contributed by atoms with Gasteiger partial charge in [0.2, 0.25) is 11.8 Å². The number of anilines is 1. The average Bonchev–Trinajstić information content (AvgIpc) is 3.22. The summed E-state index contributed by atoms with van der Waals surface area (Å²) in [6, 6.07) is 14.6. The Morgan fingerprint density at radius 3 is 2.52 bits per heavy atom. The molecule has 1 N–H and O–H groups in total. The van der Waals surface area contributed by atoms with Gasteiger partial charge in [-0.05, 0) is 36.8 Å². The van der Waals surface area contributed by atoms with Gasteiger partial charge in [0.15, 0.2) is 0 Å². The number of aryl methyl sites for hydroxylation is 1. The van der Waals surface area contributed by atoms with Gasteiger partial charge in [0, 0.05) is 28.7 Å². The normalized spacial score (nSPS) is 10.9. The van der Waals surface area contributed by atoms with Crippen LogP contribution in [0.25, 0.3) is 21.3 Å². The molecule has 0 atom stereocenters. The first-order valence-electron chi connectivity index (χ1n) is 10.1. The maximum Gasteiger partial charge on any atom is 0.263 e. The van der Waals surface area contributed by atoms with Crippen molar-refractivity contribution >= 4 is 50.7 Å². The number of nitrogens with one attached hydrogen (secondary N) is 1. The van der Waals surface area contributed by atoms with Crippen molar-refractivity contribution in [2.75, 3.05) is 18.9 Å². The SMILES string of the molecule is Cc1ccc(NC(=O)CN(C)C(=O)Cn2cnc3scc(-c4ccc(Cl)cc4)c3c2=O)cc1. The van der Waals surface area contributed by atoms with E-state index in [0.717, 1.165) is 16.7 Å². The zero-order valence-electron chi connectivity index (χ0n) is 18.0. The molecule has 0 spiro atoms. The summed E-state index contributed by atoms with van der Waals surface area (Å²) >= 11 is 7.34. The first kappa shape index (κ1) is 22.7. The summed E-state index contributed by atoms with van der Waals surface area (Å²) in [6.07, 6.45) is 1.37. The van der Waals surface area contributed by atoms with Gasteiger partial charge in [0.05, 0.1) is 18.3 Å². The molecule has 2 amide bonds. The first-order chi connectivity index (χ1) is 15.8. The summed E-state index contributed by atoms with van der Waals surface area (Å²) in [5.41, 5.74) is 3.03. The minimum absolute atomic E-state index is 0.133. The summed E-state index contributed by atoms with van der Waals surface area (Å²) < 4.78 is 1.27. The number of hydrogen-bond acceptors (Lipinski definition) is 5. The molecule has 0 aliphatic carbocycles. The fourth-order valence-corrected chi connectivity index (χ4v) is 4.36. The fourth-order valence-electron chi connectivity index (χ4n) is 3.33. The Bertz CT molecular complexity index is 1380. The van der Waals surface area contributed by atoms with E-state index in [1.54, 1.807) is 24.3 Å². The third-order valence-electron chi connectivity index (χ3n) is 5.16. The fraction of sp³-hybridized carbons (Fsp3) is 0.167. The monoisotopic (exact) mass is 480 g/mol. The number of rotatable bonds is 6. The van der Waals surface area contributed by atoms with E-state index in [4.69, 9.17) is 11.6 Å². The van der Waals surface area contributed by atoms with Gasteiger partial charge in [-0.25, -0.2) is 4.98 Å². The maximum absolute atomic E-state index is 13.2. The summed E-state index contributed by atoms with van der Waals surface area (Å²) in [5, 5.41) is 5.69. The van der Waals surface area contributed by atoms with Crippen molar-refractivity contribution < 1.29 is 9.59 Å². The van der Waals surface area contributed by atoms with Crippen molar-refractivity contribution in [3.05, 3.63) is 81.2 Å². The lowest BCUT2D eigenvalue weighted by molar-refractivity contribution is -0.133. The Morgan fingerprint density at radius 2 is 1.82 bits per heavy atom. The highest BCUT2D eigenvalue weighted by molar-refractivity contribution is 7.17. The Kier molecular flexibility index (Phi) is 6.57. The number of carbonyl (C=O) groups is 2. The van der Waals surface area contributed by atoms with Crippen LogP contribution in [0.1, 0.15) is 5.56 Å². The van der Waals surface area contributed by atoms with Crippen LogP contribution in [0, 0.1) is 6.92 Å². The van der Waals surface area contributed by atoms with Gasteiger partial charge < -0.3 is 10.2 Å². The average molecular weight is 481 g/mol. The highest BCUT2D eigenvalue weighted by Gasteiger charge is 2.18. The molecular formula is C24H21ClN4O3S. The second-order valence-corrected chi connectivity index (χ2v) is 8.97. The molecule has 0 radical (unpaired) electrons. The van der Waals surface area contributed by atoms with Crippen molar-refractivity contribution in [1.82, 2.24) is 14.5 Å². The zero-order valence-corrected chi connectivity index (χ0v) is 19.6. The summed E-state index contributed by atoms with van der Waals surface area (Å²) in [6.45, 7) is 1.61. The molecule has 0 aliphatic heterocycles. The van der Waals surface area contributed by atoms with E-state index in [1.165, 1.54) is 34.2 Å². The van der Waals surface area contributed by atoms with E-state index >= 15 is 0 Å². The summed E-state index contributed by atoms with van der Waals surface area (Å²) in [7, 11) is 1.53. The molecular weight excluding hydrogens is 460 g/mol. The predicted molar refractivity (Wildman–Crippen MR) is 132 cm³/mol. The van der Waals surface area contributed by atoms with E-state index in [0.29, 0.717) is 20.9 Å². The zero-order chi connectivity index (χ0) is 23.5. The molecule has 0 saturated heterocycles. The van der Waals surface area contributed by atoms with Crippen LogP contribution >= 0.6 is 22.9 Å². The van der Waals surface area contributed by atoms with Crippen molar-refractivity contribution in [1.29, 1.82) is 0 Å². The lowest BCUT2D eigenvalue weighted by Crippen LogP contribution is -2.38. The van der Waals surface area contributed by atoms with E-state index in [2.05, 4.69) is 10.3 Å². The molecule has 33 heavy (non-hydrogen) atoms. The van der Waals surface area contributed by atoms with Crippen LogP contribution in [0.2, 0.25) is 5.02 Å². The minimum atomic E-state index is -0.374. The molecule has 9 heteroatoms. The van der Waals surface area contributed by atoms with Gasteiger partial charge in [0.25, 0.3) is 5.56 Å². The Hall–Kier alpha value is -3.49. The second-order valence-electron chi connectivity index (χ2n) is 7.68. The van der Waals surface area contributed by atoms with Gasteiger partial charge in [-0.1, -0.05) is 41.4 Å². The van der Waals surface area contributed by atoms with Crippen molar-refractivity contribution in [3.63, 3.8) is 0 Å². The number of nitrogens with zero attached hydrogens (tertiary/aromatic N) is 3. The quantitative estimate of drug-likeness (QED) is 0.448. The number of benzene rings is 2. The number of likely N-dealkylation sites (N-methyl/N-ethyl adjacent to an activating group) is 1. The second kappa shape index (κ2) is 9.56. The largest absolute Gasteiger partial charge is 0.335 e. The van der Waals surface area contributed by atoms with Crippen LogP contribution in [0.15, 0.2) is 65.0 Å². The van der Waals surface area contributed by atoms with Crippen LogP contribution in [0.3, 0.4) is 0 Å². The number of thiophene rings is 1. The van der Waals surface area contributed by atoms with Gasteiger partial charge in [-0.15, -0.1) is 11.3 Å². The molecule has 0 saturated carbocycles. The topological polar surface area (TPSA) is 84.3 Å². The molecule has 168 valence electrons. The highest BCUT2D eigenvalue weighted by atomic mass is 35.5. The lowest BCUT2D eigenvalue weighted by atomic mass is 10.1. The molecule has 7 nitrogen and oxygen atoms in total. The van der Waals surface area contributed by atoms with Gasteiger partial charge >= 0.3 is 0 Å². The molecule has 4 rings (SSSR count). The van der Waals surface area contributed by atoms with E-state index in [9.17, 15) is 14.4 Å².